The number of methoxy groups -OCH3 is 1. The van der Waals surface area contributed by atoms with Gasteiger partial charge in [-0.05, 0) is 37.3 Å². The Labute approximate surface area is 195 Å². The van der Waals surface area contributed by atoms with Crippen molar-refractivity contribution in [3.05, 3.63) is 76.6 Å². The number of benzene rings is 2. The zero-order valence-corrected chi connectivity index (χ0v) is 19.4. The maximum Gasteiger partial charge on any atom is 0.192 e. The minimum atomic E-state index is -0.403. The maximum absolute atomic E-state index is 12.6. The van der Waals surface area contributed by atoms with Gasteiger partial charge in [0.25, 0.3) is 0 Å². The number of hydrogen-bond donors (Lipinski definition) is 0. The molecule has 3 rings (SSSR count). The third-order valence-electron chi connectivity index (χ3n) is 4.36. The summed E-state index contributed by atoms with van der Waals surface area (Å²) in [6, 6.07) is 12.2. The smallest absolute Gasteiger partial charge is 0.192 e. The number of carbonyl (C=O) groups excluding carboxylic acids is 1. The molecule has 162 valence electrons. The number of allylic oxidation sites excluding steroid dienone is 1. The van der Waals surface area contributed by atoms with Crippen LogP contribution in [0.5, 0.6) is 11.5 Å². The molecule has 0 aliphatic rings. The van der Waals surface area contributed by atoms with E-state index in [9.17, 15) is 4.79 Å². The van der Waals surface area contributed by atoms with Crippen LogP contribution in [0.3, 0.4) is 0 Å². The van der Waals surface area contributed by atoms with Crippen molar-refractivity contribution in [1.82, 2.24) is 14.8 Å². The van der Waals surface area contributed by atoms with Gasteiger partial charge in [0.05, 0.1) is 17.9 Å². The molecule has 6 nitrogen and oxygen atoms in total. The molecule has 0 saturated heterocycles. The van der Waals surface area contributed by atoms with Gasteiger partial charge in [0.1, 0.15) is 0 Å². The number of halogens is 2. The van der Waals surface area contributed by atoms with Crippen LogP contribution in [0.1, 0.15) is 29.2 Å². The fourth-order valence-electron chi connectivity index (χ4n) is 2.89. The highest BCUT2D eigenvalue weighted by atomic mass is 35.5. The van der Waals surface area contributed by atoms with E-state index < -0.39 is 6.10 Å². The van der Waals surface area contributed by atoms with Crippen molar-refractivity contribution in [2.24, 2.45) is 0 Å². The van der Waals surface area contributed by atoms with E-state index >= 15 is 0 Å². The van der Waals surface area contributed by atoms with Gasteiger partial charge in [-0.15, -0.1) is 16.8 Å². The lowest BCUT2D eigenvalue weighted by molar-refractivity contribution is 0.102. The van der Waals surface area contributed by atoms with Crippen LogP contribution in [0, 0.1) is 0 Å². The number of aromatic nitrogens is 3. The number of ketones is 1. The van der Waals surface area contributed by atoms with Crippen LogP contribution in [-0.2, 0) is 6.54 Å². The van der Waals surface area contributed by atoms with Crippen LogP contribution in [0.15, 0.2) is 60.3 Å². The lowest BCUT2D eigenvalue weighted by Crippen LogP contribution is -2.13. The normalized spacial score (nSPS) is 11.7. The highest BCUT2D eigenvalue weighted by Crippen LogP contribution is 2.31. The fraction of sp³-hybridized carbons (Fsp3) is 0.227. The molecule has 1 heterocycles. The zero-order chi connectivity index (χ0) is 22.4. The van der Waals surface area contributed by atoms with Crippen LogP contribution in [0.2, 0.25) is 10.0 Å². The second-order valence-corrected chi connectivity index (χ2v) is 8.27. The van der Waals surface area contributed by atoms with Crippen molar-refractivity contribution in [3.63, 3.8) is 0 Å². The summed E-state index contributed by atoms with van der Waals surface area (Å²) in [4.78, 5) is 12.6. The highest BCUT2D eigenvalue weighted by Gasteiger charge is 2.21. The molecule has 0 fully saturated rings. The van der Waals surface area contributed by atoms with Gasteiger partial charge in [-0.1, -0.05) is 53.2 Å². The molecule has 0 bridgehead atoms. The predicted octanol–water partition coefficient (Wildman–Crippen LogP) is 5.89. The molecule has 2 aromatic carbocycles. The Hall–Kier alpha value is -2.48. The average molecular weight is 478 g/mol. The van der Waals surface area contributed by atoms with E-state index in [1.807, 2.05) is 35.8 Å². The van der Waals surface area contributed by atoms with Gasteiger partial charge in [0.15, 0.2) is 34.4 Å². The van der Waals surface area contributed by atoms with Crippen molar-refractivity contribution in [2.75, 3.05) is 12.9 Å². The number of hydrogen-bond acceptors (Lipinski definition) is 6. The highest BCUT2D eigenvalue weighted by molar-refractivity contribution is 7.99. The SMILES string of the molecule is C=CCn1c(SCC(=O)c2ccc(Cl)cc2Cl)nnc1C(C)Oc1ccccc1OC. The van der Waals surface area contributed by atoms with Gasteiger partial charge in [-0.25, -0.2) is 0 Å². The lowest BCUT2D eigenvalue weighted by atomic mass is 10.1. The predicted molar refractivity (Wildman–Crippen MR) is 124 cm³/mol. The molecule has 0 radical (unpaired) electrons. The average Bonchev–Trinajstić information content (AvgIpc) is 3.15. The summed E-state index contributed by atoms with van der Waals surface area (Å²) >= 11 is 13.3. The third-order valence-corrected chi connectivity index (χ3v) is 5.87. The van der Waals surface area contributed by atoms with E-state index in [1.54, 1.807) is 31.4 Å². The zero-order valence-electron chi connectivity index (χ0n) is 17.0. The van der Waals surface area contributed by atoms with Gasteiger partial charge < -0.3 is 9.47 Å². The van der Waals surface area contributed by atoms with Crippen molar-refractivity contribution in [1.29, 1.82) is 0 Å². The Balaban J connectivity index is 1.76. The van der Waals surface area contributed by atoms with Crippen molar-refractivity contribution in [3.8, 4) is 11.5 Å². The summed E-state index contributed by atoms with van der Waals surface area (Å²) in [6.07, 6.45) is 1.34. The summed E-state index contributed by atoms with van der Waals surface area (Å²) in [5.74, 6) is 1.87. The van der Waals surface area contributed by atoms with Crippen LogP contribution >= 0.6 is 35.0 Å². The molecule has 1 unspecified atom stereocenters. The summed E-state index contributed by atoms with van der Waals surface area (Å²) < 4.78 is 13.3. The van der Waals surface area contributed by atoms with E-state index in [0.717, 1.165) is 0 Å². The summed E-state index contributed by atoms with van der Waals surface area (Å²) in [5, 5.41) is 9.93. The first-order valence-electron chi connectivity index (χ1n) is 9.39. The molecule has 3 aromatic rings. The molecule has 0 aliphatic carbocycles. The fourth-order valence-corrected chi connectivity index (χ4v) is 4.24. The molecular formula is C22H21Cl2N3O3S. The van der Waals surface area contributed by atoms with Crippen LogP contribution in [0.4, 0.5) is 0 Å². The first-order valence-corrected chi connectivity index (χ1v) is 11.1. The summed E-state index contributed by atoms with van der Waals surface area (Å²) in [5.41, 5.74) is 0.418. The van der Waals surface area contributed by atoms with E-state index in [-0.39, 0.29) is 11.5 Å². The quantitative estimate of drug-likeness (QED) is 0.206. The van der Waals surface area contributed by atoms with Gasteiger partial charge in [-0.2, -0.15) is 0 Å². The maximum atomic E-state index is 12.6. The molecule has 9 heteroatoms. The summed E-state index contributed by atoms with van der Waals surface area (Å²) in [7, 11) is 1.59. The van der Waals surface area contributed by atoms with E-state index in [1.165, 1.54) is 11.8 Å². The second kappa shape index (κ2) is 10.7. The van der Waals surface area contributed by atoms with Crippen molar-refractivity contribution in [2.45, 2.75) is 24.7 Å². The van der Waals surface area contributed by atoms with Crippen LogP contribution < -0.4 is 9.47 Å². The minimum absolute atomic E-state index is 0.125. The molecule has 1 aromatic heterocycles. The van der Waals surface area contributed by atoms with Crippen molar-refractivity contribution < 1.29 is 14.3 Å². The Morgan fingerprint density at radius 1 is 1.23 bits per heavy atom. The number of carbonyl (C=O) groups is 1. The lowest BCUT2D eigenvalue weighted by Gasteiger charge is -2.17. The van der Waals surface area contributed by atoms with Gasteiger partial charge in [-0.3, -0.25) is 9.36 Å². The number of rotatable bonds is 10. The van der Waals surface area contributed by atoms with Crippen molar-refractivity contribution >= 4 is 40.7 Å². The first kappa shape index (κ1) is 23.2. The van der Waals surface area contributed by atoms with Gasteiger partial charge in [0, 0.05) is 17.1 Å². The monoisotopic (exact) mass is 477 g/mol. The van der Waals surface area contributed by atoms with Crippen LogP contribution in [-0.4, -0.2) is 33.4 Å². The Morgan fingerprint density at radius 3 is 2.65 bits per heavy atom. The number of nitrogens with zero attached hydrogens (tertiary/aromatic N) is 3. The van der Waals surface area contributed by atoms with E-state index in [0.29, 0.717) is 44.6 Å². The first-order chi connectivity index (χ1) is 14.9. The Bertz CT molecular complexity index is 1090. The number of Topliss-reactive ketones (excluding diaryl/α,β-unsaturated/α-hetero) is 1. The van der Waals surface area contributed by atoms with E-state index in [2.05, 4.69) is 16.8 Å². The number of ether oxygens (including phenoxy) is 2. The Morgan fingerprint density at radius 2 is 1.97 bits per heavy atom. The second-order valence-electron chi connectivity index (χ2n) is 6.49. The molecule has 0 spiro atoms. The summed E-state index contributed by atoms with van der Waals surface area (Å²) in [6.45, 7) is 6.16. The van der Waals surface area contributed by atoms with E-state index in [4.69, 9.17) is 32.7 Å². The largest absolute Gasteiger partial charge is 0.493 e. The number of para-hydroxylation sites is 2. The van der Waals surface area contributed by atoms with Crippen LogP contribution in [0.25, 0.3) is 0 Å². The molecule has 0 amide bonds. The standard InChI is InChI=1S/C22H21Cl2N3O3S/c1-4-11-27-21(14(2)30-20-8-6-5-7-19(20)29-3)25-26-22(27)31-13-18(28)16-10-9-15(23)12-17(16)24/h4-10,12,14H,1,11,13H2,2-3H3. The molecular weight excluding hydrogens is 457 g/mol. The molecule has 31 heavy (non-hydrogen) atoms. The molecule has 0 saturated carbocycles. The molecule has 0 aliphatic heterocycles. The molecule has 1 atom stereocenters. The Kier molecular flexibility index (Phi) is 8.01. The topological polar surface area (TPSA) is 66.2 Å². The van der Waals surface area contributed by atoms with Gasteiger partial charge >= 0.3 is 0 Å². The van der Waals surface area contributed by atoms with Gasteiger partial charge in [0.2, 0.25) is 0 Å². The molecule has 0 N–H and O–H groups in total. The third kappa shape index (κ3) is 5.61. The number of thioether (sulfide) groups is 1. The minimum Gasteiger partial charge on any atom is -0.493 e.